The van der Waals surface area contributed by atoms with E-state index in [-0.39, 0.29) is 11.3 Å². The van der Waals surface area contributed by atoms with Crippen LogP contribution in [0.15, 0.2) is 18.2 Å². The molecule has 2 rings (SSSR count). The van der Waals surface area contributed by atoms with Crippen LogP contribution in [-0.2, 0) is 11.3 Å². The van der Waals surface area contributed by atoms with Gasteiger partial charge in [-0.3, -0.25) is 9.69 Å². The third kappa shape index (κ3) is 5.09. The molecule has 140 valence electrons. The van der Waals surface area contributed by atoms with Gasteiger partial charge in [0.2, 0.25) is 5.91 Å². The Kier molecular flexibility index (Phi) is 6.30. The molecule has 25 heavy (non-hydrogen) atoms. The summed E-state index contributed by atoms with van der Waals surface area (Å²) in [5, 5.41) is 0. The minimum atomic E-state index is -0.457. The number of amides is 1. The van der Waals surface area contributed by atoms with Crippen LogP contribution in [0.25, 0.3) is 0 Å². The van der Waals surface area contributed by atoms with Crippen molar-refractivity contribution in [3.63, 3.8) is 0 Å². The quantitative estimate of drug-likeness (QED) is 0.877. The predicted molar refractivity (Wildman–Crippen MR) is 98.8 cm³/mol. The van der Waals surface area contributed by atoms with Gasteiger partial charge in [0.15, 0.2) is 0 Å². The van der Waals surface area contributed by atoms with Gasteiger partial charge in [0.25, 0.3) is 0 Å². The number of hydrogen-bond acceptors (Lipinski definition) is 5. The molecule has 0 saturated carbocycles. The van der Waals surface area contributed by atoms with E-state index >= 15 is 0 Å². The van der Waals surface area contributed by atoms with E-state index in [4.69, 9.17) is 15.2 Å². The third-order valence-electron chi connectivity index (χ3n) is 4.70. The highest BCUT2D eigenvalue weighted by molar-refractivity contribution is 5.82. The fourth-order valence-electron chi connectivity index (χ4n) is 2.91. The Bertz CT molecular complexity index is 568. The maximum absolute atomic E-state index is 12.5. The largest absolute Gasteiger partial charge is 0.497 e. The number of carbonyl (C=O) groups excluding carboxylic acids is 1. The van der Waals surface area contributed by atoms with E-state index in [2.05, 4.69) is 4.90 Å². The van der Waals surface area contributed by atoms with E-state index < -0.39 is 6.04 Å². The highest BCUT2D eigenvalue weighted by Gasteiger charge is 2.32. The maximum Gasteiger partial charge on any atom is 0.240 e. The van der Waals surface area contributed by atoms with Crippen LogP contribution in [0.2, 0.25) is 0 Å². The second kappa shape index (κ2) is 8.06. The summed E-state index contributed by atoms with van der Waals surface area (Å²) in [6.45, 7) is 9.91. The van der Waals surface area contributed by atoms with Crippen molar-refractivity contribution in [3.05, 3.63) is 23.8 Å². The van der Waals surface area contributed by atoms with Gasteiger partial charge in [0, 0.05) is 38.8 Å². The van der Waals surface area contributed by atoms with Gasteiger partial charge in [-0.2, -0.15) is 0 Å². The topological polar surface area (TPSA) is 68.0 Å². The van der Waals surface area contributed by atoms with Gasteiger partial charge in [-0.05, 0) is 23.1 Å². The van der Waals surface area contributed by atoms with Crippen LogP contribution in [0.4, 0.5) is 0 Å². The Hall–Kier alpha value is -1.79. The first-order chi connectivity index (χ1) is 11.7. The van der Waals surface area contributed by atoms with E-state index in [1.54, 1.807) is 14.2 Å². The first kappa shape index (κ1) is 19.5. The zero-order chi connectivity index (χ0) is 18.6. The van der Waals surface area contributed by atoms with Gasteiger partial charge in [-0.15, -0.1) is 0 Å². The van der Waals surface area contributed by atoms with Crippen LogP contribution in [0.3, 0.4) is 0 Å². The minimum Gasteiger partial charge on any atom is -0.497 e. The zero-order valence-corrected chi connectivity index (χ0v) is 16.0. The van der Waals surface area contributed by atoms with Crippen LogP contribution in [0, 0.1) is 5.41 Å². The maximum atomic E-state index is 12.5. The molecule has 1 aromatic carbocycles. The van der Waals surface area contributed by atoms with Gasteiger partial charge < -0.3 is 20.1 Å². The number of nitrogens with zero attached hydrogens (tertiary/aromatic N) is 2. The Morgan fingerprint density at radius 3 is 2.04 bits per heavy atom. The first-order valence-electron chi connectivity index (χ1n) is 8.73. The standard InChI is InChI=1S/C19H31N3O3/c1-19(2,3)17(20)18(23)22-8-6-21(7-9-22)13-14-10-15(24-4)12-16(11-14)25-5/h10-12,17H,6-9,13,20H2,1-5H3/t17-/m1/s1. The molecule has 1 aliphatic rings. The summed E-state index contributed by atoms with van der Waals surface area (Å²) in [5.41, 5.74) is 7.04. The summed E-state index contributed by atoms with van der Waals surface area (Å²) in [7, 11) is 3.31. The average Bonchev–Trinajstić information content (AvgIpc) is 2.59. The predicted octanol–water partition coefficient (Wildman–Crippen LogP) is 1.72. The van der Waals surface area contributed by atoms with Crippen LogP contribution in [0.5, 0.6) is 11.5 Å². The SMILES string of the molecule is COc1cc(CN2CCN(C(=O)[C@@H](N)C(C)(C)C)CC2)cc(OC)c1. The van der Waals surface area contributed by atoms with Crippen LogP contribution < -0.4 is 15.2 Å². The van der Waals surface area contributed by atoms with E-state index in [9.17, 15) is 4.79 Å². The summed E-state index contributed by atoms with van der Waals surface area (Å²) in [6.07, 6.45) is 0. The number of rotatable bonds is 5. The van der Waals surface area contributed by atoms with Gasteiger partial charge in [-0.1, -0.05) is 20.8 Å². The Labute approximate surface area is 150 Å². The molecule has 1 fully saturated rings. The second-order valence-corrected chi connectivity index (χ2v) is 7.67. The number of hydrogen-bond donors (Lipinski definition) is 1. The molecule has 1 aromatic rings. The number of nitrogens with two attached hydrogens (primary N) is 1. The molecule has 1 saturated heterocycles. The van der Waals surface area contributed by atoms with Crippen LogP contribution >= 0.6 is 0 Å². The Morgan fingerprint density at radius 1 is 1.08 bits per heavy atom. The number of carbonyl (C=O) groups is 1. The molecule has 1 atom stereocenters. The molecule has 1 aliphatic heterocycles. The van der Waals surface area contributed by atoms with E-state index in [1.165, 1.54) is 0 Å². The number of benzene rings is 1. The summed E-state index contributed by atoms with van der Waals surface area (Å²) in [4.78, 5) is 16.7. The van der Waals surface area contributed by atoms with E-state index in [1.807, 2.05) is 43.9 Å². The Morgan fingerprint density at radius 2 is 1.60 bits per heavy atom. The third-order valence-corrected chi connectivity index (χ3v) is 4.70. The molecule has 1 heterocycles. The van der Waals surface area contributed by atoms with Crippen molar-refractivity contribution in [2.75, 3.05) is 40.4 Å². The summed E-state index contributed by atoms with van der Waals surface area (Å²) in [6, 6.07) is 5.46. The molecule has 6 nitrogen and oxygen atoms in total. The van der Waals surface area contributed by atoms with E-state index in [0.29, 0.717) is 13.1 Å². The average molecular weight is 349 g/mol. The summed E-state index contributed by atoms with van der Waals surface area (Å²) < 4.78 is 10.7. The second-order valence-electron chi connectivity index (χ2n) is 7.67. The fraction of sp³-hybridized carbons (Fsp3) is 0.632. The number of ether oxygens (including phenoxy) is 2. The zero-order valence-electron chi connectivity index (χ0n) is 16.0. The van der Waals surface area contributed by atoms with Crippen molar-refractivity contribution in [1.29, 1.82) is 0 Å². The lowest BCUT2D eigenvalue weighted by molar-refractivity contribution is -0.136. The molecule has 0 unspecified atom stereocenters. The van der Waals surface area contributed by atoms with Gasteiger partial charge in [-0.25, -0.2) is 0 Å². The molecule has 0 aromatic heterocycles. The lowest BCUT2D eigenvalue weighted by Gasteiger charge is -2.38. The highest BCUT2D eigenvalue weighted by Crippen LogP contribution is 2.24. The van der Waals surface area contributed by atoms with Crippen molar-refractivity contribution in [2.24, 2.45) is 11.1 Å². The lowest BCUT2D eigenvalue weighted by Crippen LogP contribution is -2.56. The normalized spacial score (nSPS) is 17.3. The molecule has 0 bridgehead atoms. The molecule has 1 amide bonds. The van der Waals surface area contributed by atoms with Crippen molar-refractivity contribution < 1.29 is 14.3 Å². The number of methoxy groups -OCH3 is 2. The highest BCUT2D eigenvalue weighted by atomic mass is 16.5. The molecule has 0 aliphatic carbocycles. The summed E-state index contributed by atoms with van der Waals surface area (Å²) >= 11 is 0. The fourth-order valence-corrected chi connectivity index (χ4v) is 2.91. The minimum absolute atomic E-state index is 0.0511. The molecule has 2 N–H and O–H groups in total. The van der Waals surface area contributed by atoms with Crippen molar-refractivity contribution in [3.8, 4) is 11.5 Å². The smallest absolute Gasteiger partial charge is 0.240 e. The van der Waals surface area contributed by atoms with Crippen molar-refractivity contribution in [2.45, 2.75) is 33.4 Å². The van der Waals surface area contributed by atoms with Gasteiger partial charge >= 0.3 is 0 Å². The van der Waals surface area contributed by atoms with Crippen molar-refractivity contribution in [1.82, 2.24) is 9.80 Å². The molecule has 0 spiro atoms. The van der Waals surface area contributed by atoms with Gasteiger partial charge in [0.05, 0.1) is 20.3 Å². The van der Waals surface area contributed by atoms with Crippen LogP contribution in [0.1, 0.15) is 26.3 Å². The van der Waals surface area contributed by atoms with E-state index in [0.717, 1.165) is 36.7 Å². The monoisotopic (exact) mass is 349 g/mol. The Balaban J connectivity index is 1.94. The number of piperazine rings is 1. The molecular formula is C19H31N3O3. The molecule has 6 heteroatoms. The van der Waals surface area contributed by atoms with Crippen molar-refractivity contribution >= 4 is 5.91 Å². The first-order valence-corrected chi connectivity index (χ1v) is 8.73. The molecular weight excluding hydrogens is 318 g/mol. The van der Waals surface area contributed by atoms with Gasteiger partial charge in [0.1, 0.15) is 11.5 Å². The van der Waals surface area contributed by atoms with Crippen LogP contribution in [-0.4, -0.2) is 62.1 Å². The molecule has 0 radical (unpaired) electrons. The lowest BCUT2D eigenvalue weighted by atomic mass is 9.86. The summed E-state index contributed by atoms with van der Waals surface area (Å²) in [5.74, 6) is 1.63.